The van der Waals surface area contributed by atoms with Crippen LogP contribution in [0.25, 0.3) is 0 Å². The first-order chi connectivity index (χ1) is 7.11. The highest BCUT2D eigenvalue weighted by Gasteiger charge is 2.19. The van der Waals surface area contributed by atoms with Crippen LogP contribution in [0.1, 0.15) is 52.4 Å². The molecular formula is C13H23NO. The Labute approximate surface area is 92.9 Å². The van der Waals surface area contributed by atoms with Crippen LogP contribution in [0.3, 0.4) is 0 Å². The smallest absolute Gasteiger partial charge is 0.175 e. The number of carbonyl (C=O) groups excluding carboxylic acids is 1. The Morgan fingerprint density at radius 2 is 2.13 bits per heavy atom. The molecule has 15 heavy (non-hydrogen) atoms. The zero-order valence-corrected chi connectivity index (χ0v) is 9.96. The molecular weight excluding hydrogens is 186 g/mol. The second kappa shape index (κ2) is 6.06. The summed E-state index contributed by atoms with van der Waals surface area (Å²) < 4.78 is 0. The first-order valence-corrected chi connectivity index (χ1v) is 6.10. The molecule has 1 aliphatic carbocycles. The minimum absolute atomic E-state index is 0.186. The molecule has 1 atom stereocenters. The summed E-state index contributed by atoms with van der Waals surface area (Å²) in [6.45, 7) is 4.21. The van der Waals surface area contributed by atoms with Gasteiger partial charge >= 0.3 is 0 Å². The highest BCUT2D eigenvalue weighted by atomic mass is 16.1. The standard InChI is InChI=1S/C13H23NO/c1-10(2)9-12(14)13(15)11-7-5-3-4-6-8-11/h7,10,12H,3-6,8-9,14H2,1-2H3. The molecule has 0 bridgehead atoms. The van der Waals surface area contributed by atoms with Crippen LogP contribution in [0.2, 0.25) is 0 Å². The molecule has 2 N–H and O–H groups in total. The number of ketones is 1. The summed E-state index contributed by atoms with van der Waals surface area (Å²) in [4.78, 5) is 12.0. The maximum absolute atomic E-state index is 12.0. The van der Waals surface area contributed by atoms with Gasteiger partial charge in [0, 0.05) is 0 Å². The lowest BCUT2D eigenvalue weighted by molar-refractivity contribution is -0.117. The van der Waals surface area contributed by atoms with Crippen LogP contribution in [0.5, 0.6) is 0 Å². The summed E-state index contributed by atoms with van der Waals surface area (Å²) in [6.07, 6.45) is 8.50. The predicted molar refractivity (Wildman–Crippen MR) is 63.6 cm³/mol. The van der Waals surface area contributed by atoms with Crippen LogP contribution < -0.4 is 5.73 Å². The summed E-state index contributed by atoms with van der Waals surface area (Å²) in [7, 11) is 0. The lowest BCUT2D eigenvalue weighted by atomic mass is 9.94. The SMILES string of the molecule is CC(C)CC(N)C(=O)C1=CCCCCC1. The summed E-state index contributed by atoms with van der Waals surface area (Å²) in [5.41, 5.74) is 6.90. The molecule has 0 aromatic carbocycles. The van der Waals surface area contributed by atoms with Crippen molar-refractivity contribution in [2.45, 2.75) is 58.4 Å². The van der Waals surface area contributed by atoms with Crippen molar-refractivity contribution in [1.82, 2.24) is 0 Å². The maximum atomic E-state index is 12.0. The fourth-order valence-electron chi connectivity index (χ4n) is 2.09. The number of nitrogens with two attached hydrogens (primary N) is 1. The van der Waals surface area contributed by atoms with Crippen LogP contribution in [0.4, 0.5) is 0 Å². The van der Waals surface area contributed by atoms with E-state index in [1.165, 1.54) is 12.8 Å². The van der Waals surface area contributed by atoms with Gasteiger partial charge in [-0.3, -0.25) is 4.79 Å². The van der Waals surface area contributed by atoms with Gasteiger partial charge in [0.05, 0.1) is 6.04 Å². The predicted octanol–water partition coefficient (Wildman–Crippen LogP) is 2.82. The fourth-order valence-corrected chi connectivity index (χ4v) is 2.09. The molecule has 0 amide bonds. The second-order valence-electron chi connectivity index (χ2n) is 4.93. The number of carbonyl (C=O) groups is 1. The first kappa shape index (κ1) is 12.4. The lowest BCUT2D eigenvalue weighted by Gasteiger charge is -2.14. The van der Waals surface area contributed by atoms with Gasteiger partial charge in [-0.1, -0.05) is 26.3 Å². The molecule has 0 radical (unpaired) electrons. The van der Waals surface area contributed by atoms with E-state index in [1.54, 1.807) is 0 Å². The molecule has 0 spiro atoms. The van der Waals surface area contributed by atoms with Crippen molar-refractivity contribution in [3.63, 3.8) is 0 Å². The molecule has 0 heterocycles. The van der Waals surface area contributed by atoms with Crippen molar-refractivity contribution >= 4 is 5.78 Å². The van der Waals surface area contributed by atoms with Crippen molar-refractivity contribution in [1.29, 1.82) is 0 Å². The van der Waals surface area contributed by atoms with E-state index in [2.05, 4.69) is 19.9 Å². The topological polar surface area (TPSA) is 43.1 Å². The molecule has 0 fully saturated rings. The molecule has 1 aliphatic rings. The molecule has 2 nitrogen and oxygen atoms in total. The molecule has 1 unspecified atom stereocenters. The van der Waals surface area contributed by atoms with E-state index in [-0.39, 0.29) is 11.8 Å². The zero-order chi connectivity index (χ0) is 11.3. The molecule has 2 heteroatoms. The average molecular weight is 209 g/mol. The number of rotatable bonds is 4. The Kier molecular flexibility index (Phi) is 5.03. The van der Waals surface area contributed by atoms with Crippen molar-refractivity contribution in [3.8, 4) is 0 Å². The molecule has 0 aromatic rings. The van der Waals surface area contributed by atoms with Gasteiger partial charge in [0.15, 0.2) is 5.78 Å². The lowest BCUT2D eigenvalue weighted by Crippen LogP contribution is -2.33. The third-order valence-electron chi connectivity index (χ3n) is 2.92. The molecule has 1 rings (SSSR count). The number of Topliss-reactive ketones (excluding diaryl/α,β-unsaturated/α-hetero) is 1. The van der Waals surface area contributed by atoms with Crippen LogP contribution in [0.15, 0.2) is 11.6 Å². The van der Waals surface area contributed by atoms with E-state index >= 15 is 0 Å². The van der Waals surface area contributed by atoms with E-state index in [0.717, 1.165) is 31.3 Å². The van der Waals surface area contributed by atoms with E-state index in [9.17, 15) is 4.79 Å². The number of allylic oxidation sites excluding steroid dienone is 1. The van der Waals surface area contributed by atoms with E-state index in [4.69, 9.17) is 5.73 Å². The third-order valence-corrected chi connectivity index (χ3v) is 2.92. The summed E-state index contributed by atoms with van der Waals surface area (Å²) >= 11 is 0. The summed E-state index contributed by atoms with van der Waals surface area (Å²) in [5.74, 6) is 0.681. The van der Waals surface area contributed by atoms with E-state index in [1.807, 2.05) is 0 Å². The van der Waals surface area contributed by atoms with Gasteiger partial charge in [-0.25, -0.2) is 0 Å². The number of hydrogen-bond acceptors (Lipinski definition) is 2. The quantitative estimate of drug-likeness (QED) is 0.773. The van der Waals surface area contributed by atoms with Crippen LogP contribution in [-0.4, -0.2) is 11.8 Å². The Balaban J connectivity index is 2.54. The van der Waals surface area contributed by atoms with Gasteiger partial charge in [0.1, 0.15) is 0 Å². The number of hydrogen-bond donors (Lipinski definition) is 1. The van der Waals surface area contributed by atoms with Gasteiger partial charge in [-0.15, -0.1) is 0 Å². The summed E-state index contributed by atoms with van der Waals surface area (Å²) in [5, 5.41) is 0. The third kappa shape index (κ3) is 4.17. The Morgan fingerprint density at radius 1 is 1.40 bits per heavy atom. The van der Waals surface area contributed by atoms with E-state index < -0.39 is 0 Å². The van der Waals surface area contributed by atoms with Crippen LogP contribution in [-0.2, 0) is 4.79 Å². The molecule has 0 saturated carbocycles. The first-order valence-electron chi connectivity index (χ1n) is 6.10. The highest BCUT2D eigenvalue weighted by Crippen LogP contribution is 2.19. The minimum Gasteiger partial charge on any atom is -0.321 e. The van der Waals surface area contributed by atoms with Gasteiger partial charge in [-0.2, -0.15) is 0 Å². The van der Waals surface area contributed by atoms with Crippen molar-refractivity contribution in [2.75, 3.05) is 0 Å². The van der Waals surface area contributed by atoms with Crippen molar-refractivity contribution < 1.29 is 4.79 Å². The maximum Gasteiger partial charge on any atom is 0.175 e. The summed E-state index contributed by atoms with van der Waals surface area (Å²) in [6, 6.07) is -0.283. The second-order valence-corrected chi connectivity index (χ2v) is 4.93. The normalized spacial score (nSPS) is 19.6. The molecule has 0 aliphatic heterocycles. The molecule has 86 valence electrons. The van der Waals surface area contributed by atoms with Gasteiger partial charge in [0.25, 0.3) is 0 Å². The minimum atomic E-state index is -0.283. The van der Waals surface area contributed by atoms with Crippen molar-refractivity contribution in [2.24, 2.45) is 11.7 Å². The Morgan fingerprint density at radius 3 is 2.80 bits per heavy atom. The monoisotopic (exact) mass is 209 g/mol. The van der Waals surface area contributed by atoms with Crippen molar-refractivity contribution in [3.05, 3.63) is 11.6 Å². The Hall–Kier alpha value is -0.630. The van der Waals surface area contributed by atoms with E-state index in [0.29, 0.717) is 5.92 Å². The molecule has 0 aromatic heterocycles. The molecule has 0 saturated heterocycles. The largest absolute Gasteiger partial charge is 0.321 e. The average Bonchev–Trinajstić information content (AvgIpc) is 2.43. The van der Waals surface area contributed by atoms with Crippen LogP contribution >= 0.6 is 0 Å². The van der Waals surface area contributed by atoms with Gasteiger partial charge in [0.2, 0.25) is 0 Å². The van der Waals surface area contributed by atoms with Gasteiger partial charge in [-0.05, 0) is 43.6 Å². The van der Waals surface area contributed by atoms with Gasteiger partial charge < -0.3 is 5.73 Å². The fraction of sp³-hybridized carbons (Fsp3) is 0.769. The Bertz CT molecular complexity index is 243. The zero-order valence-electron chi connectivity index (χ0n) is 9.96. The van der Waals surface area contributed by atoms with Crippen LogP contribution in [0, 0.1) is 5.92 Å². The highest BCUT2D eigenvalue weighted by molar-refractivity contribution is 5.99.